The summed E-state index contributed by atoms with van der Waals surface area (Å²) in [6.45, 7) is 1.13. The highest BCUT2D eigenvalue weighted by Crippen LogP contribution is 2.44. The number of rotatable bonds is 4. The van der Waals surface area contributed by atoms with Crippen LogP contribution in [0, 0.1) is 0 Å². The zero-order valence-corrected chi connectivity index (χ0v) is 16.7. The van der Waals surface area contributed by atoms with E-state index in [2.05, 4.69) is 15.1 Å². The van der Waals surface area contributed by atoms with Gasteiger partial charge in [-0.05, 0) is 43.9 Å². The first-order valence-electron chi connectivity index (χ1n) is 9.91. The monoisotopic (exact) mass is 427 g/mol. The lowest BCUT2D eigenvalue weighted by atomic mass is 10.2. The van der Waals surface area contributed by atoms with Crippen molar-refractivity contribution < 1.29 is 14.4 Å². The van der Waals surface area contributed by atoms with Gasteiger partial charge in [-0.3, -0.25) is 9.20 Å². The minimum Gasteiger partial charge on any atom is -0.380 e. The van der Waals surface area contributed by atoms with Gasteiger partial charge in [0.05, 0.1) is 23.7 Å². The molecular formula is C20H18ClN5O4. The highest BCUT2D eigenvalue weighted by molar-refractivity contribution is 6.31. The second kappa shape index (κ2) is 6.37. The van der Waals surface area contributed by atoms with E-state index in [9.17, 15) is 9.90 Å². The molecule has 0 amide bonds. The molecule has 154 valence electrons. The maximum absolute atomic E-state index is 13.6. The van der Waals surface area contributed by atoms with Crippen LogP contribution in [-0.2, 0) is 16.9 Å². The normalized spacial score (nSPS) is 20.4. The van der Waals surface area contributed by atoms with Crippen LogP contribution in [0.5, 0.6) is 0 Å². The Bertz CT molecular complexity index is 1350. The molecule has 1 aliphatic carbocycles. The summed E-state index contributed by atoms with van der Waals surface area (Å²) < 4.78 is 14.4. The molecule has 1 aromatic carbocycles. The molecule has 2 fully saturated rings. The number of ether oxygens (including phenoxy) is 1. The van der Waals surface area contributed by atoms with Crippen LogP contribution in [0.4, 0.5) is 0 Å². The van der Waals surface area contributed by atoms with Gasteiger partial charge in [-0.2, -0.15) is 4.98 Å². The maximum Gasteiger partial charge on any atom is 0.277 e. The van der Waals surface area contributed by atoms with E-state index in [1.165, 1.54) is 0 Å². The lowest BCUT2D eigenvalue weighted by molar-refractivity contribution is 0.0973. The van der Waals surface area contributed by atoms with Crippen molar-refractivity contribution in [3.8, 4) is 11.5 Å². The number of imidazole rings is 1. The summed E-state index contributed by atoms with van der Waals surface area (Å²) in [6.07, 6.45) is 4.59. The lowest BCUT2D eigenvalue weighted by Gasteiger charge is -2.16. The standard InChI is InChI=1S/C20H18ClN5O4/c21-11-3-4-13-14(8-11)25(9-12-2-1-7-29-12)18(27)16-15(22-10-26(13)16)17-23-19(30-24-17)20(28)5-6-20/h3-4,8,10,12,28H,1-2,5-7,9H2. The molecule has 6 rings (SSSR count). The van der Waals surface area contributed by atoms with Crippen LogP contribution in [0.2, 0.25) is 5.02 Å². The summed E-state index contributed by atoms with van der Waals surface area (Å²) in [7, 11) is 0. The zero-order chi connectivity index (χ0) is 20.5. The Kier molecular flexibility index (Phi) is 3.83. The fraction of sp³-hybridized carbons (Fsp3) is 0.400. The average molecular weight is 428 g/mol. The quantitative estimate of drug-likeness (QED) is 0.533. The Balaban J connectivity index is 1.58. The summed E-state index contributed by atoms with van der Waals surface area (Å²) >= 11 is 6.24. The molecule has 10 heteroatoms. The van der Waals surface area contributed by atoms with E-state index < -0.39 is 5.60 Å². The van der Waals surface area contributed by atoms with Crippen LogP contribution < -0.4 is 5.56 Å². The third-order valence-electron chi connectivity index (χ3n) is 5.87. The SMILES string of the molecule is O=c1c2c(-c3noc(C4(O)CC4)n3)ncn2c2ccc(Cl)cc2n1CC1CCCO1. The van der Waals surface area contributed by atoms with Crippen LogP contribution in [0.15, 0.2) is 33.8 Å². The Morgan fingerprint density at radius 3 is 2.93 bits per heavy atom. The van der Waals surface area contributed by atoms with E-state index in [-0.39, 0.29) is 23.4 Å². The summed E-state index contributed by atoms with van der Waals surface area (Å²) in [5.41, 5.74) is 0.875. The number of nitrogens with zero attached hydrogens (tertiary/aromatic N) is 5. The van der Waals surface area contributed by atoms with Crippen molar-refractivity contribution in [2.45, 2.75) is 43.9 Å². The van der Waals surface area contributed by atoms with E-state index in [4.69, 9.17) is 20.9 Å². The van der Waals surface area contributed by atoms with E-state index in [1.807, 2.05) is 6.07 Å². The Labute approximate surface area is 174 Å². The van der Waals surface area contributed by atoms with Gasteiger partial charge < -0.3 is 18.9 Å². The summed E-state index contributed by atoms with van der Waals surface area (Å²) in [5.74, 6) is 0.341. The van der Waals surface area contributed by atoms with Gasteiger partial charge in [0.15, 0.2) is 0 Å². The fourth-order valence-corrected chi connectivity index (χ4v) is 4.23. The molecule has 1 atom stereocenters. The molecule has 30 heavy (non-hydrogen) atoms. The molecular weight excluding hydrogens is 410 g/mol. The first kappa shape index (κ1) is 18.1. The Hall–Kier alpha value is -2.75. The fourth-order valence-electron chi connectivity index (χ4n) is 4.07. The van der Waals surface area contributed by atoms with Gasteiger partial charge in [0.25, 0.3) is 11.4 Å². The molecule has 1 N–H and O–H groups in total. The predicted molar refractivity (Wildman–Crippen MR) is 107 cm³/mol. The van der Waals surface area contributed by atoms with Crippen LogP contribution in [0.25, 0.3) is 28.1 Å². The largest absolute Gasteiger partial charge is 0.380 e. The van der Waals surface area contributed by atoms with E-state index in [0.29, 0.717) is 47.7 Å². The molecule has 1 aliphatic heterocycles. The van der Waals surface area contributed by atoms with Crippen LogP contribution in [0.1, 0.15) is 31.6 Å². The second-order valence-corrected chi connectivity index (χ2v) is 8.39. The number of benzene rings is 1. The number of aromatic nitrogens is 5. The van der Waals surface area contributed by atoms with Gasteiger partial charge >= 0.3 is 0 Å². The van der Waals surface area contributed by atoms with Gasteiger partial charge in [-0.15, -0.1) is 0 Å². The molecule has 0 radical (unpaired) electrons. The van der Waals surface area contributed by atoms with E-state index in [1.54, 1.807) is 27.4 Å². The molecule has 2 aliphatic rings. The number of fused-ring (bicyclic) bond motifs is 3. The van der Waals surface area contributed by atoms with Crippen molar-refractivity contribution in [3.05, 3.63) is 45.8 Å². The third kappa shape index (κ3) is 2.69. The first-order valence-corrected chi connectivity index (χ1v) is 10.3. The smallest absolute Gasteiger partial charge is 0.277 e. The first-order chi connectivity index (χ1) is 14.5. The number of hydrogen-bond donors (Lipinski definition) is 1. The third-order valence-corrected chi connectivity index (χ3v) is 6.11. The molecule has 4 heterocycles. The number of halogens is 1. The van der Waals surface area contributed by atoms with Gasteiger partial charge in [0.2, 0.25) is 5.82 Å². The highest BCUT2D eigenvalue weighted by Gasteiger charge is 2.48. The molecule has 0 spiro atoms. The van der Waals surface area contributed by atoms with Crippen LogP contribution in [0.3, 0.4) is 0 Å². The van der Waals surface area contributed by atoms with Crippen molar-refractivity contribution in [2.24, 2.45) is 0 Å². The van der Waals surface area contributed by atoms with Crippen molar-refractivity contribution >= 4 is 28.2 Å². The van der Waals surface area contributed by atoms with Crippen molar-refractivity contribution in [1.29, 1.82) is 0 Å². The average Bonchev–Trinajstić information content (AvgIpc) is 3.21. The summed E-state index contributed by atoms with van der Waals surface area (Å²) in [4.78, 5) is 22.3. The van der Waals surface area contributed by atoms with Crippen molar-refractivity contribution in [2.75, 3.05) is 6.61 Å². The summed E-state index contributed by atoms with van der Waals surface area (Å²) in [6, 6.07) is 5.41. The van der Waals surface area contributed by atoms with Crippen LogP contribution in [-0.4, -0.2) is 41.9 Å². The molecule has 9 nitrogen and oxygen atoms in total. The van der Waals surface area contributed by atoms with Gasteiger partial charge in [0.1, 0.15) is 23.1 Å². The minimum atomic E-state index is -1.05. The molecule has 0 bridgehead atoms. The molecule has 1 saturated heterocycles. The van der Waals surface area contributed by atoms with E-state index in [0.717, 1.165) is 18.4 Å². The second-order valence-electron chi connectivity index (χ2n) is 7.95. The van der Waals surface area contributed by atoms with Gasteiger partial charge in [-0.25, -0.2) is 4.98 Å². The Morgan fingerprint density at radius 2 is 2.17 bits per heavy atom. The topological polar surface area (TPSA) is 108 Å². The summed E-state index contributed by atoms with van der Waals surface area (Å²) in [5, 5.41) is 14.7. The minimum absolute atomic E-state index is 0.0282. The molecule has 1 unspecified atom stereocenters. The van der Waals surface area contributed by atoms with Gasteiger partial charge in [0, 0.05) is 11.6 Å². The zero-order valence-electron chi connectivity index (χ0n) is 15.9. The van der Waals surface area contributed by atoms with Crippen molar-refractivity contribution in [3.63, 3.8) is 0 Å². The molecule has 4 aromatic rings. The van der Waals surface area contributed by atoms with Crippen LogP contribution >= 0.6 is 11.6 Å². The highest BCUT2D eigenvalue weighted by atomic mass is 35.5. The number of aliphatic hydroxyl groups is 1. The maximum atomic E-state index is 13.6. The lowest BCUT2D eigenvalue weighted by Crippen LogP contribution is -2.28. The number of hydrogen-bond acceptors (Lipinski definition) is 7. The van der Waals surface area contributed by atoms with Crippen molar-refractivity contribution in [1.82, 2.24) is 24.1 Å². The van der Waals surface area contributed by atoms with E-state index >= 15 is 0 Å². The predicted octanol–water partition coefficient (Wildman–Crippen LogP) is 2.51. The Morgan fingerprint density at radius 1 is 1.30 bits per heavy atom. The molecule has 3 aromatic heterocycles. The van der Waals surface area contributed by atoms with Gasteiger partial charge in [-0.1, -0.05) is 16.8 Å². The molecule has 1 saturated carbocycles.